The molecule has 2 aliphatic heterocycles. The van der Waals surface area contributed by atoms with Crippen molar-refractivity contribution in [3.63, 3.8) is 0 Å². The van der Waals surface area contributed by atoms with E-state index in [1.165, 1.54) is 37.7 Å². The number of benzene rings is 1. The van der Waals surface area contributed by atoms with Crippen LogP contribution in [0, 0.1) is 5.92 Å². The highest BCUT2D eigenvalue weighted by molar-refractivity contribution is 7.89. The van der Waals surface area contributed by atoms with E-state index >= 15 is 0 Å². The fraction of sp³-hybridized carbons (Fsp3) is 0.684. The van der Waals surface area contributed by atoms with E-state index in [4.69, 9.17) is 0 Å². The largest absolute Gasteiger partial charge is 0.314 e. The van der Waals surface area contributed by atoms with Gasteiger partial charge in [-0.25, -0.2) is 8.42 Å². The van der Waals surface area contributed by atoms with Crippen LogP contribution in [0.15, 0.2) is 29.2 Å². The molecule has 132 valence electrons. The van der Waals surface area contributed by atoms with Crippen molar-refractivity contribution in [3.05, 3.63) is 29.8 Å². The first-order chi connectivity index (χ1) is 11.6. The number of hydrogen-bond acceptors (Lipinski definition) is 3. The number of rotatable bonds is 3. The summed E-state index contributed by atoms with van der Waals surface area (Å²) in [4.78, 5) is 0.464. The number of sulfonamides is 1. The Morgan fingerprint density at radius 2 is 1.71 bits per heavy atom. The number of hydrogen-bond donors (Lipinski definition) is 1. The Morgan fingerprint density at radius 1 is 0.958 bits per heavy atom. The van der Waals surface area contributed by atoms with Gasteiger partial charge in [-0.2, -0.15) is 4.31 Å². The summed E-state index contributed by atoms with van der Waals surface area (Å²) in [6.45, 7) is 2.34. The van der Waals surface area contributed by atoms with Crippen molar-refractivity contribution in [1.29, 1.82) is 0 Å². The van der Waals surface area contributed by atoms with Crippen LogP contribution in [0.4, 0.5) is 0 Å². The molecule has 4 nitrogen and oxygen atoms in total. The molecule has 0 amide bonds. The standard InChI is InChI=1S/C19H28N2O2S/c22-24(23,21-13-11-19-17(14-21)10-12-20-19)18-8-6-16(7-9-18)15-4-2-1-3-5-15/h6-9,15,17,19-20H,1-5,10-14H2. The maximum absolute atomic E-state index is 13.0. The summed E-state index contributed by atoms with van der Waals surface area (Å²) in [5, 5.41) is 3.49. The van der Waals surface area contributed by atoms with Crippen molar-refractivity contribution in [2.24, 2.45) is 5.92 Å². The van der Waals surface area contributed by atoms with Crippen LogP contribution >= 0.6 is 0 Å². The van der Waals surface area contributed by atoms with E-state index in [0.717, 1.165) is 19.4 Å². The third-order valence-electron chi connectivity index (χ3n) is 6.21. The van der Waals surface area contributed by atoms with Gasteiger partial charge in [0.05, 0.1) is 4.90 Å². The predicted molar refractivity (Wildman–Crippen MR) is 95.5 cm³/mol. The van der Waals surface area contributed by atoms with Crippen molar-refractivity contribution in [2.75, 3.05) is 19.6 Å². The predicted octanol–water partition coefficient (Wildman–Crippen LogP) is 3.11. The van der Waals surface area contributed by atoms with Crippen LogP contribution in [0.25, 0.3) is 0 Å². The lowest BCUT2D eigenvalue weighted by molar-refractivity contribution is 0.247. The van der Waals surface area contributed by atoms with Crippen molar-refractivity contribution in [2.45, 2.75) is 61.8 Å². The van der Waals surface area contributed by atoms with Gasteiger partial charge >= 0.3 is 0 Å². The molecular formula is C19H28N2O2S. The quantitative estimate of drug-likeness (QED) is 0.913. The molecule has 5 heteroatoms. The van der Waals surface area contributed by atoms with E-state index in [1.54, 1.807) is 4.31 Å². The van der Waals surface area contributed by atoms with E-state index in [9.17, 15) is 8.42 Å². The van der Waals surface area contributed by atoms with Crippen LogP contribution in [0.3, 0.4) is 0 Å². The minimum absolute atomic E-state index is 0.464. The van der Waals surface area contributed by atoms with Crippen molar-refractivity contribution in [3.8, 4) is 0 Å². The average molecular weight is 349 g/mol. The first-order valence-corrected chi connectivity index (χ1v) is 10.9. The molecule has 1 saturated carbocycles. The second-order valence-electron chi connectivity index (χ2n) is 7.67. The van der Waals surface area contributed by atoms with E-state index in [-0.39, 0.29) is 0 Å². The van der Waals surface area contributed by atoms with Crippen LogP contribution in [-0.2, 0) is 10.0 Å². The molecule has 24 heavy (non-hydrogen) atoms. The second kappa shape index (κ2) is 6.77. The molecule has 2 saturated heterocycles. The lowest BCUT2D eigenvalue weighted by Gasteiger charge is -2.34. The zero-order valence-electron chi connectivity index (χ0n) is 14.3. The fourth-order valence-electron chi connectivity index (χ4n) is 4.73. The van der Waals surface area contributed by atoms with E-state index in [1.807, 2.05) is 24.3 Å². The minimum atomic E-state index is -3.34. The summed E-state index contributed by atoms with van der Waals surface area (Å²) in [5.41, 5.74) is 1.31. The van der Waals surface area contributed by atoms with Crippen molar-refractivity contribution < 1.29 is 8.42 Å². The van der Waals surface area contributed by atoms with Crippen molar-refractivity contribution in [1.82, 2.24) is 9.62 Å². The Bertz CT molecular complexity index is 665. The molecule has 1 N–H and O–H groups in total. The SMILES string of the molecule is O=S(=O)(c1ccc(C2CCCCC2)cc1)N1CCC2NCCC2C1. The molecule has 1 aromatic carbocycles. The number of piperidine rings is 1. The second-order valence-corrected chi connectivity index (χ2v) is 9.60. The summed E-state index contributed by atoms with van der Waals surface area (Å²) in [6.07, 6.45) is 8.46. The van der Waals surface area contributed by atoms with Gasteiger partial charge in [-0.05, 0) is 61.8 Å². The molecule has 0 spiro atoms. The van der Waals surface area contributed by atoms with Gasteiger partial charge in [0.25, 0.3) is 0 Å². The summed E-state index contributed by atoms with van der Waals surface area (Å²) in [7, 11) is -3.34. The molecule has 1 aromatic rings. The molecular weight excluding hydrogens is 320 g/mol. The van der Waals surface area contributed by atoms with Gasteiger partial charge in [0.1, 0.15) is 0 Å². The van der Waals surface area contributed by atoms with Gasteiger partial charge < -0.3 is 5.32 Å². The van der Waals surface area contributed by atoms with E-state index < -0.39 is 10.0 Å². The van der Waals surface area contributed by atoms with E-state index in [2.05, 4.69) is 5.32 Å². The molecule has 0 bridgehead atoms. The highest BCUT2D eigenvalue weighted by Gasteiger charge is 2.37. The molecule has 4 rings (SSSR count). The Kier molecular flexibility index (Phi) is 4.67. The van der Waals surface area contributed by atoms with Crippen LogP contribution in [0.5, 0.6) is 0 Å². The number of nitrogens with one attached hydrogen (secondary N) is 1. The molecule has 2 atom stereocenters. The molecule has 3 fully saturated rings. The third-order valence-corrected chi connectivity index (χ3v) is 8.09. The van der Waals surface area contributed by atoms with Gasteiger partial charge in [0.15, 0.2) is 0 Å². The first-order valence-electron chi connectivity index (χ1n) is 9.48. The number of fused-ring (bicyclic) bond motifs is 1. The Hall–Kier alpha value is -0.910. The first kappa shape index (κ1) is 16.6. The van der Waals surface area contributed by atoms with Crippen LogP contribution in [0.2, 0.25) is 0 Å². The molecule has 0 radical (unpaired) electrons. The topological polar surface area (TPSA) is 49.4 Å². The molecule has 0 aromatic heterocycles. The molecule has 1 aliphatic carbocycles. The fourth-order valence-corrected chi connectivity index (χ4v) is 6.24. The van der Waals surface area contributed by atoms with Gasteiger partial charge in [0, 0.05) is 19.1 Å². The number of nitrogens with zero attached hydrogens (tertiary/aromatic N) is 1. The lowest BCUT2D eigenvalue weighted by Crippen LogP contribution is -2.46. The maximum atomic E-state index is 13.0. The zero-order valence-corrected chi connectivity index (χ0v) is 15.1. The highest BCUT2D eigenvalue weighted by atomic mass is 32.2. The monoisotopic (exact) mass is 348 g/mol. The zero-order chi connectivity index (χ0) is 16.6. The minimum Gasteiger partial charge on any atom is -0.314 e. The lowest BCUT2D eigenvalue weighted by atomic mass is 9.84. The van der Waals surface area contributed by atoms with Crippen LogP contribution < -0.4 is 5.32 Å². The van der Waals surface area contributed by atoms with Crippen LogP contribution in [-0.4, -0.2) is 38.4 Å². The normalized spacial score (nSPS) is 29.5. The highest BCUT2D eigenvalue weighted by Crippen LogP contribution is 2.34. The van der Waals surface area contributed by atoms with Crippen LogP contribution in [0.1, 0.15) is 56.4 Å². The maximum Gasteiger partial charge on any atom is 0.243 e. The summed E-state index contributed by atoms with van der Waals surface area (Å²) >= 11 is 0. The van der Waals surface area contributed by atoms with Crippen molar-refractivity contribution >= 4 is 10.0 Å². The molecule has 2 heterocycles. The van der Waals surface area contributed by atoms with Gasteiger partial charge in [0.2, 0.25) is 10.0 Å². The molecule has 2 unspecified atom stereocenters. The Morgan fingerprint density at radius 3 is 2.46 bits per heavy atom. The summed E-state index contributed by atoms with van der Waals surface area (Å²) < 4.78 is 27.6. The summed E-state index contributed by atoms with van der Waals surface area (Å²) in [6, 6.07) is 8.28. The summed E-state index contributed by atoms with van der Waals surface area (Å²) in [5.74, 6) is 1.10. The average Bonchev–Trinajstić information content (AvgIpc) is 3.10. The smallest absolute Gasteiger partial charge is 0.243 e. The van der Waals surface area contributed by atoms with E-state index in [0.29, 0.717) is 35.9 Å². The molecule has 3 aliphatic rings. The third kappa shape index (κ3) is 3.14. The Balaban J connectivity index is 1.49. The van der Waals surface area contributed by atoms with Gasteiger partial charge in [-0.1, -0.05) is 31.4 Å². The van der Waals surface area contributed by atoms with Gasteiger partial charge in [-0.3, -0.25) is 0 Å². The van der Waals surface area contributed by atoms with Gasteiger partial charge in [-0.15, -0.1) is 0 Å². The Labute approximate surface area is 145 Å².